The minimum atomic E-state index is -1.16. The molecular weight excluding hydrogens is 153 g/mol. The molecule has 4 heteroatoms. The molecule has 1 fully saturated rings. The van der Waals surface area contributed by atoms with Gasteiger partial charge in [-0.2, -0.15) is 0 Å². The van der Waals surface area contributed by atoms with Crippen molar-refractivity contribution in [3.8, 4) is 0 Å². The van der Waals surface area contributed by atoms with Gasteiger partial charge in [-0.1, -0.05) is 0 Å². The quantitative estimate of drug-likeness (QED) is 0.620. The molecule has 1 saturated carbocycles. The number of nitrogens with zero attached hydrogens (tertiary/aromatic N) is 1. The van der Waals surface area contributed by atoms with Crippen LogP contribution in [0.5, 0.6) is 0 Å². The molecule has 12 heavy (non-hydrogen) atoms. The average Bonchev–Trinajstić information content (AvgIpc) is 2.84. The van der Waals surface area contributed by atoms with Gasteiger partial charge in [-0.15, -0.1) is 0 Å². The summed E-state index contributed by atoms with van der Waals surface area (Å²) in [4.78, 5) is 3.90. The van der Waals surface area contributed by atoms with Gasteiger partial charge in [0.15, 0.2) is 0 Å². The minimum absolute atomic E-state index is 0.0346. The second-order valence-electron chi connectivity index (χ2n) is 3.20. The fourth-order valence-electron chi connectivity index (χ4n) is 1.54. The van der Waals surface area contributed by atoms with Crippen LogP contribution in [0.4, 0.5) is 0 Å². The molecule has 62 valence electrons. The Balaban J connectivity index is 2.06. The summed E-state index contributed by atoms with van der Waals surface area (Å²) in [5.41, 5.74) is 1.16. The Morgan fingerprint density at radius 3 is 2.50 bits per heavy atom. The highest BCUT2D eigenvalue weighted by Crippen LogP contribution is 2.53. The van der Waals surface area contributed by atoms with Crippen LogP contribution >= 0.6 is 0 Å². The van der Waals surface area contributed by atoms with Crippen molar-refractivity contribution in [3.63, 3.8) is 0 Å². The van der Waals surface area contributed by atoms with E-state index < -0.39 is 7.12 Å². The van der Waals surface area contributed by atoms with Crippen molar-refractivity contribution in [3.05, 3.63) is 30.1 Å². The molecule has 1 aromatic heterocycles. The zero-order valence-electron chi connectivity index (χ0n) is 6.59. The van der Waals surface area contributed by atoms with Gasteiger partial charge in [-0.3, -0.25) is 4.98 Å². The summed E-state index contributed by atoms with van der Waals surface area (Å²) in [7, 11) is -1.16. The van der Waals surface area contributed by atoms with Crippen LogP contribution in [0.15, 0.2) is 24.5 Å². The van der Waals surface area contributed by atoms with E-state index in [0.717, 1.165) is 12.0 Å². The summed E-state index contributed by atoms with van der Waals surface area (Å²) >= 11 is 0. The molecule has 0 unspecified atom stereocenters. The van der Waals surface area contributed by atoms with Gasteiger partial charge in [0.25, 0.3) is 0 Å². The van der Waals surface area contributed by atoms with E-state index in [1.807, 2.05) is 12.1 Å². The molecule has 0 spiro atoms. The second kappa shape index (κ2) is 2.88. The van der Waals surface area contributed by atoms with Gasteiger partial charge >= 0.3 is 7.12 Å². The van der Waals surface area contributed by atoms with E-state index in [2.05, 4.69) is 4.98 Å². The van der Waals surface area contributed by atoms with Crippen LogP contribution in [0, 0.1) is 0 Å². The van der Waals surface area contributed by atoms with E-state index in [1.54, 1.807) is 12.4 Å². The lowest BCUT2D eigenvalue weighted by molar-refractivity contribution is 0.402. The summed E-state index contributed by atoms with van der Waals surface area (Å²) in [6.45, 7) is 0. The topological polar surface area (TPSA) is 53.4 Å². The predicted octanol–water partition coefficient (Wildman–Crippen LogP) is 0.412. The Hall–Kier alpha value is -0.865. The van der Waals surface area contributed by atoms with Crippen LogP contribution in [-0.4, -0.2) is 22.2 Å². The first-order valence-electron chi connectivity index (χ1n) is 4.05. The molecule has 0 aliphatic heterocycles. The maximum absolute atomic E-state index is 8.86. The maximum atomic E-state index is 8.86. The third-order valence-corrected chi connectivity index (χ3v) is 2.36. The fraction of sp³-hybridized carbons (Fsp3) is 0.375. The van der Waals surface area contributed by atoms with Crippen LogP contribution in [0.25, 0.3) is 0 Å². The number of aromatic nitrogens is 1. The van der Waals surface area contributed by atoms with Gasteiger partial charge in [0.2, 0.25) is 0 Å². The van der Waals surface area contributed by atoms with Crippen molar-refractivity contribution in [2.45, 2.75) is 18.2 Å². The lowest BCUT2D eigenvalue weighted by Gasteiger charge is -1.97. The maximum Gasteiger partial charge on any atom is 0.455 e. The molecule has 2 rings (SSSR count). The monoisotopic (exact) mass is 163 g/mol. The Morgan fingerprint density at radius 2 is 2.00 bits per heavy atom. The lowest BCUT2D eigenvalue weighted by atomic mass is 9.81. The molecule has 0 radical (unpaired) electrons. The molecule has 0 bridgehead atoms. The molecule has 2 N–H and O–H groups in total. The van der Waals surface area contributed by atoms with E-state index in [4.69, 9.17) is 10.0 Å². The number of hydrogen-bond donors (Lipinski definition) is 2. The molecule has 0 saturated heterocycles. The minimum Gasteiger partial charge on any atom is -0.427 e. The van der Waals surface area contributed by atoms with Gasteiger partial charge in [-0.25, -0.2) is 0 Å². The first-order chi connectivity index (χ1) is 5.79. The predicted molar refractivity (Wildman–Crippen MR) is 45.5 cm³/mol. The SMILES string of the molecule is OB(O)[C@@H]1C[C@H]1c1ccncc1. The summed E-state index contributed by atoms with van der Waals surface area (Å²) in [5.74, 6) is 0.361. The van der Waals surface area contributed by atoms with Crippen molar-refractivity contribution < 1.29 is 10.0 Å². The number of hydrogen-bond acceptors (Lipinski definition) is 3. The van der Waals surface area contributed by atoms with E-state index >= 15 is 0 Å². The first kappa shape index (κ1) is 7.77. The Kier molecular flexibility index (Phi) is 1.86. The van der Waals surface area contributed by atoms with E-state index in [-0.39, 0.29) is 5.82 Å². The van der Waals surface area contributed by atoms with Crippen molar-refractivity contribution in [1.82, 2.24) is 4.98 Å². The molecule has 1 aliphatic rings. The van der Waals surface area contributed by atoms with Gasteiger partial charge in [0.05, 0.1) is 0 Å². The second-order valence-corrected chi connectivity index (χ2v) is 3.20. The molecule has 1 aliphatic carbocycles. The smallest absolute Gasteiger partial charge is 0.427 e. The third kappa shape index (κ3) is 1.35. The molecule has 3 nitrogen and oxygen atoms in total. The largest absolute Gasteiger partial charge is 0.455 e. The molecule has 1 aromatic rings. The Morgan fingerprint density at radius 1 is 1.33 bits per heavy atom. The summed E-state index contributed by atoms with van der Waals surface area (Å²) in [6.07, 6.45) is 4.34. The van der Waals surface area contributed by atoms with Crippen molar-refractivity contribution in [1.29, 1.82) is 0 Å². The van der Waals surface area contributed by atoms with E-state index in [1.165, 1.54) is 0 Å². The van der Waals surface area contributed by atoms with Crippen LogP contribution in [0.2, 0.25) is 5.82 Å². The Bertz CT molecular complexity index is 265. The number of rotatable bonds is 2. The van der Waals surface area contributed by atoms with Crippen LogP contribution in [-0.2, 0) is 0 Å². The van der Waals surface area contributed by atoms with Gasteiger partial charge < -0.3 is 10.0 Å². The standard InChI is InChI=1S/C8H10BNO2/c11-9(12)8-5-7(8)6-1-3-10-4-2-6/h1-4,7-8,11-12H,5H2/t7-,8+/m0/s1. The van der Waals surface area contributed by atoms with Crippen molar-refractivity contribution in [2.24, 2.45) is 0 Å². The van der Waals surface area contributed by atoms with Crippen molar-refractivity contribution >= 4 is 7.12 Å². The van der Waals surface area contributed by atoms with Crippen LogP contribution < -0.4 is 0 Å². The highest BCUT2D eigenvalue weighted by atomic mass is 16.4. The van der Waals surface area contributed by atoms with E-state index in [9.17, 15) is 0 Å². The van der Waals surface area contributed by atoms with Crippen LogP contribution in [0.3, 0.4) is 0 Å². The highest BCUT2D eigenvalue weighted by Gasteiger charge is 2.46. The van der Waals surface area contributed by atoms with Crippen molar-refractivity contribution in [2.75, 3.05) is 0 Å². The molecule has 1 heterocycles. The van der Waals surface area contributed by atoms with Gasteiger partial charge in [0.1, 0.15) is 0 Å². The fourth-order valence-corrected chi connectivity index (χ4v) is 1.54. The van der Waals surface area contributed by atoms with E-state index in [0.29, 0.717) is 5.92 Å². The molecular formula is C8H10BNO2. The van der Waals surface area contributed by atoms with Crippen LogP contribution in [0.1, 0.15) is 17.9 Å². The summed E-state index contributed by atoms with van der Waals surface area (Å²) < 4.78 is 0. The molecule has 0 amide bonds. The first-order valence-corrected chi connectivity index (χ1v) is 4.05. The van der Waals surface area contributed by atoms with Gasteiger partial charge in [-0.05, 0) is 30.0 Å². The average molecular weight is 163 g/mol. The summed E-state index contributed by atoms with van der Waals surface area (Å²) in [6, 6.07) is 3.85. The molecule has 0 aromatic carbocycles. The highest BCUT2D eigenvalue weighted by molar-refractivity contribution is 6.44. The Labute approximate surface area is 71.2 Å². The zero-order chi connectivity index (χ0) is 8.55. The van der Waals surface area contributed by atoms with Gasteiger partial charge in [0, 0.05) is 18.2 Å². The lowest BCUT2D eigenvalue weighted by Crippen LogP contribution is -2.11. The normalized spacial score (nSPS) is 26.8. The number of pyridine rings is 1. The molecule has 2 atom stereocenters. The third-order valence-electron chi connectivity index (χ3n) is 2.36. The zero-order valence-corrected chi connectivity index (χ0v) is 6.59. The summed E-state index contributed by atoms with van der Waals surface area (Å²) in [5, 5.41) is 17.7.